The third-order valence-corrected chi connectivity index (χ3v) is 4.83. The van der Waals surface area contributed by atoms with Crippen LogP contribution in [-0.4, -0.2) is 35.3 Å². The van der Waals surface area contributed by atoms with Crippen LogP contribution in [0.5, 0.6) is 0 Å². The maximum absolute atomic E-state index is 12.1. The Bertz CT molecular complexity index is 718. The Kier molecular flexibility index (Phi) is 6.11. The molecule has 3 rings (SSSR count). The van der Waals surface area contributed by atoms with Crippen molar-refractivity contribution < 1.29 is 4.79 Å². The fourth-order valence-corrected chi connectivity index (χ4v) is 3.27. The molecule has 0 radical (unpaired) electrons. The van der Waals surface area contributed by atoms with Crippen LogP contribution >= 0.6 is 11.8 Å². The van der Waals surface area contributed by atoms with E-state index in [1.54, 1.807) is 18.0 Å². The number of hydrogen-bond acceptors (Lipinski definition) is 5. The van der Waals surface area contributed by atoms with Crippen LogP contribution in [0.25, 0.3) is 0 Å². The molecular formula is C18H23N5OS. The number of nitrogens with one attached hydrogen (secondary N) is 2. The summed E-state index contributed by atoms with van der Waals surface area (Å²) in [4.78, 5) is 24.3. The molecular weight excluding hydrogens is 334 g/mol. The monoisotopic (exact) mass is 357 g/mol. The van der Waals surface area contributed by atoms with Crippen LogP contribution in [0.1, 0.15) is 25.1 Å². The van der Waals surface area contributed by atoms with Crippen molar-refractivity contribution in [3.05, 3.63) is 42.4 Å². The lowest BCUT2D eigenvalue weighted by atomic mass is 10.1. The lowest BCUT2D eigenvalue weighted by molar-refractivity contribution is 0.251. The first-order valence-electron chi connectivity index (χ1n) is 8.50. The molecule has 1 aliphatic rings. The Morgan fingerprint density at radius 2 is 2.08 bits per heavy atom. The number of carbonyl (C=O) groups is 1. The van der Waals surface area contributed by atoms with Crippen molar-refractivity contribution in [2.45, 2.75) is 30.7 Å². The fraction of sp³-hybridized carbons (Fsp3) is 0.389. The summed E-state index contributed by atoms with van der Waals surface area (Å²) in [7, 11) is 0. The second-order valence-corrected chi connectivity index (χ2v) is 6.80. The number of aromatic nitrogens is 2. The highest BCUT2D eigenvalue weighted by atomic mass is 32.2. The highest BCUT2D eigenvalue weighted by molar-refractivity contribution is 7.98. The molecule has 0 spiro atoms. The summed E-state index contributed by atoms with van der Waals surface area (Å²) in [5.41, 5.74) is 0.771. The van der Waals surface area contributed by atoms with E-state index in [1.165, 1.54) is 19.3 Å². The predicted octanol–water partition coefficient (Wildman–Crippen LogP) is 3.51. The molecule has 2 aromatic rings. The third-order valence-electron chi connectivity index (χ3n) is 4.11. The van der Waals surface area contributed by atoms with Gasteiger partial charge in [0.1, 0.15) is 11.6 Å². The summed E-state index contributed by atoms with van der Waals surface area (Å²) < 4.78 is 0. The molecule has 7 heteroatoms. The van der Waals surface area contributed by atoms with Crippen LogP contribution in [0.4, 0.5) is 16.3 Å². The van der Waals surface area contributed by atoms with Crippen LogP contribution in [0.15, 0.2) is 41.4 Å². The van der Waals surface area contributed by atoms with Crippen molar-refractivity contribution in [2.24, 2.45) is 0 Å². The molecule has 132 valence electrons. The molecule has 2 heterocycles. The second kappa shape index (κ2) is 8.71. The molecule has 2 N–H and O–H groups in total. The normalized spacial score (nSPS) is 14.2. The maximum atomic E-state index is 12.1. The standard InChI is InChI=1S/C18H23N5OS/c1-25-15-7-5-6-14(12-15)21-18(24)20-13-16-19-9-8-17(22-16)23-10-3-2-4-11-23/h5-9,12H,2-4,10-11,13H2,1H3,(H2,20,21,24). The highest BCUT2D eigenvalue weighted by Crippen LogP contribution is 2.19. The molecule has 1 aromatic heterocycles. The Balaban J connectivity index is 1.54. The van der Waals surface area contributed by atoms with Gasteiger partial charge < -0.3 is 15.5 Å². The zero-order chi connectivity index (χ0) is 17.5. The van der Waals surface area contributed by atoms with E-state index in [0.717, 1.165) is 29.5 Å². The van der Waals surface area contributed by atoms with Crippen molar-refractivity contribution >= 4 is 29.3 Å². The van der Waals surface area contributed by atoms with Crippen LogP contribution in [0.3, 0.4) is 0 Å². The minimum absolute atomic E-state index is 0.259. The number of thioether (sulfide) groups is 1. The van der Waals surface area contributed by atoms with E-state index in [0.29, 0.717) is 12.4 Å². The second-order valence-electron chi connectivity index (χ2n) is 5.92. The van der Waals surface area contributed by atoms with Crippen LogP contribution < -0.4 is 15.5 Å². The molecule has 1 aliphatic heterocycles. The van der Waals surface area contributed by atoms with Crippen molar-refractivity contribution in [1.29, 1.82) is 0 Å². The van der Waals surface area contributed by atoms with Gasteiger partial charge in [-0.15, -0.1) is 11.8 Å². The summed E-state index contributed by atoms with van der Waals surface area (Å²) in [6, 6.07) is 9.42. The van der Waals surface area contributed by atoms with Gasteiger partial charge in [0.25, 0.3) is 0 Å². The zero-order valence-electron chi connectivity index (χ0n) is 14.4. The fourth-order valence-electron chi connectivity index (χ4n) is 2.81. The lowest BCUT2D eigenvalue weighted by Crippen LogP contribution is -2.31. The molecule has 25 heavy (non-hydrogen) atoms. The van der Waals surface area contributed by atoms with Gasteiger partial charge in [0.2, 0.25) is 0 Å². The Morgan fingerprint density at radius 1 is 1.24 bits per heavy atom. The molecule has 6 nitrogen and oxygen atoms in total. The minimum atomic E-state index is -0.259. The third kappa shape index (κ3) is 5.09. The first-order valence-corrected chi connectivity index (χ1v) is 9.73. The Morgan fingerprint density at radius 3 is 2.88 bits per heavy atom. The average Bonchev–Trinajstić information content (AvgIpc) is 2.67. The van der Waals surface area contributed by atoms with Gasteiger partial charge in [0, 0.05) is 29.9 Å². The molecule has 0 unspecified atom stereocenters. The molecule has 0 atom stereocenters. The highest BCUT2D eigenvalue weighted by Gasteiger charge is 2.13. The molecule has 1 fully saturated rings. The minimum Gasteiger partial charge on any atom is -0.357 e. The van der Waals surface area contributed by atoms with Gasteiger partial charge in [-0.1, -0.05) is 6.07 Å². The Hall–Kier alpha value is -2.28. The Labute approximate surface area is 152 Å². The van der Waals surface area contributed by atoms with Gasteiger partial charge in [-0.2, -0.15) is 0 Å². The number of rotatable bonds is 5. The van der Waals surface area contributed by atoms with Crippen molar-refractivity contribution in [3.8, 4) is 0 Å². The van der Waals surface area contributed by atoms with E-state index in [1.807, 2.05) is 36.6 Å². The summed E-state index contributed by atoms with van der Waals surface area (Å²) in [5, 5.41) is 5.65. The van der Waals surface area contributed by atoms with Crippen molar-refractivity contribution in [3.63, 3.8) is 0 Å². The van der Waals surface area contributed by atoms with Crippen LogP contribution in [0, 0.1) is 0 Å². The van der Waals surface area contributed by atoms with Gasteiger partial charge in [-0.05, 0) is 49.8 Å². The molecule has 1 aromatic carbocycles. The van der Waals surface area contributed by atoms with Crippen molar-refractivity contribution in [1.82, 2.24) is 15.3 Å². The SMILES string of the molecule is CSc1cccc(NC(=O)NCc2nccc(N3CCCCC3)n2)c1. The number of carbonyl (C=O) groups excluding carboxylic acids is 1. The van der Waals surface area contributed by atoms with Crippen LogP contribution in [-0.2, 0) is 6.54 Å². The van der Waals surface area contributed by atoms with E-state index in [2.05, 4.69) is 25.5 Å². The molecule has 2 amide bonds. The number of hydrogen-bond donors (Lipinski definition) is 2. The number of piperidine rings is 1. The van der Waals surface area contributed by atoms with E-state index in [9.17, 15) is 4.79 Å². The summed E-state index contributed by atoms with van der Waals surface area (Å²) in [6.07, 6.45) is 7.46. The van der Waals surface area contributed by atoms with Gasteiger partial charge in [-0.3, -0.25) is 0 Å². The number of amides is 2. The summed E-state index contributed by atoms with van der Waals surface area (Å²) in [5.74, 6) is 1.57. The maximum Gasteiger partial charge on any atom is 0.319 e. The topological polar surface area (TPSA) is 70.2 Å². The molecule has 0 bridgehead atoms. The smallest absolute Gasteiger partial charge is 0.319 e. The summed E-state index contributed by atoms with van der Waals surface area (Å²) >= 11 is 1.64. The number of urea groups is 1. The van der Waals surface area contributed by atoms with Gasteiger partial charge >= 0.3 is 6.03 Å². The van der Waals surface area contributed by atoms with E-state index in [-0.39, 0.29) is 6.03 Å². The zero-order valence-corrected chi connectivity index (χ0v) is 15.2. The molecule has 0 saturated carbocycles. The van der Waals surface area contributed by atoms with Gasteiger partial charge in [0.15, 0.2) is 0 Å². The quantitative estimate of drug-likeness (QED) is 0.802. The number of nitrogens with zero attached hydrogens (tertiary/aromatic N) is 3. The first-order chi connectivity index (χ1) is 12.2. The van der Waals surface area contributed by atoms with Gasteiger partial charge in [0.05, 0.1) is 6.54 Å². The molecule has 1 saturated heterocycles. The van der Waals surface area contributed by atoms with Crippen molar-refractivity contribution in [2.75, 3.05) is 29.6 Å². The first kappa shape index (κ1) is 17.5. The summed E-state index contributed by atoms with van der Waals surface area (Å²) in [6.45, 7) is 2.38. The number of benzene rings is 1. The average molecular weight is 357 g/mol. The van der Waals surface area contributed by atoms with Gasteiger partial charge in [-0.25, -0.2) is 14.8 Å². The number of anilines is 2. The predicted molar refractivity (Wildman–Crippen MR) is 102 cm³/mol. The van der Waals surface area contributed by atoms with E-state index >= 15 is 0 Å². The van der Waals surface area contributed by atoms with Crippen LogP contribution in [0.2, 0.25) is 0 Å². The lowest BCUT2D eigenvalue weighted by Gasteiger charge is -2.27. The largest absolute Gasteiger partial charge is 0.357 e. The van der Waals surface area contributed by atoms with E-state index in [4.69, 9.17) is 0 Å². The molecule has 0 aliphatic carbocycles. The van der Waals surface area contributed by atoms with E-state index < -0.39 is 0 Å².